The fourth-order valence-electron chi connectivity index (χ4n) is 1.59. The van der Waals surface area contributed by atoms with Crippen molar-refractivity contribution in [2.24, 2.45) is 5.73 Å². The Kier molecular flexibility index (Phi) is 5.71. The monoisotopic (exact) mass is 341 g/mol. The number of halogens is 1. The molecule has 1 rings (SSSR count). The lowest BCUT2D eigenvalue weighted by atomic mass is 9.98. The lowest BCUT2D eigenvalue weighted by Crippen LogP contribution is -2.54. The summed E-state index contributed by atoms with van der Waals surface area (Å²) in [4.78, 5) is 23.2. The molecule has 0 unspecified atom stereocenters. The first-order valence-electron chi connectivity index (χ1n) is 6.39. The SMILES string of the molecule is CC[C@](C)(NCC(=O)Nc1ccc(Br)c(C)c1)C(N)=O. The number of hydrogen-bond acceptors (Lipinski definition) is 3. The number of benzene rings is 1. The first-order valence-corrected chi connectivity index (χ1v) is 7.18. The van der Waals surface area contributed by atoms with Crippen LogP contribution in [0.5, 0.6) is 0 Å². The maximum absolute atomic E-state index is 11.9. The van der Waals surface area contributed by atoms with Crippen molar-refractivity contribution in [2.45, 2.75) is 32.7 Å². The van der Waals surface area contributed by atoms with Crippen molar-refractivity contribution in [2.75, 3.05) is 11.9 Å². The van der Waals surface area contributed by atoms with Gasteiger partial charge in [-0.2, -0.15) is 0 Å². The van der Waals surface area contributed by atoms with E-state index in [4.69, 9.17) is 5.73 Å². The highest BCUT2D eigenvalue weighted by Gasteiger charge is 2.28. The van der Waals surface area contributed by atoms with E-state index >= 15 is 0 Å². The molecule has 0 aliphatic carbocycles. The Morgan fingerprint density at radius 2 is 2.05 bits per heavy atom. The normalized spacial score (nSPS) is 13.6. The molecule has 0 saturated heterocycles. The number of rotatable bonds is 6. The van der Waals surface area contributed by atoms with Gasteiger partial charge in [0.25, 0.3) is 0 Å². The van der Waals surface area contributed by atoms with Gasteiger partial charge in [0.1, 0.15) is 0 Å². The van der Waals surface area contributed by atoms with Crippen molar-refractivity contribution in [3.8, 4) is 0 Å². The van der Waals surface area contributed by atoms with Gasteiger partial charge < -0.3 is 11.1 Å². The van der Waals surface area contributed by atoms with E-state index in [0.29, 0.717) is 6.42 Å². The first-order chi connectivity index (χ1) is 9.28. The Morgan fingerprint density at radius 3 is 2.55 bits per heavy atom. The second kappa shape index (κ2) is 6.85. The summed E-state index contributed by atoms with van der Waals surface area (Å²) >= 11 is 3.40. The van der Waals surface area contributed by atoms with Crippen LogP contribution in [0, 0.1) is 6.92 Å². The van der Waals surface area contributed by atoms with E-state index in [1.54, 1.807) is 6.92 Å². The molecule has 0 aromatic heterocycles. The van der Waals surface area contributed by atoms with E-state index in [9.17, 15) is 9.59 Å². The fraction of sp³-hybridized carbons (Fsp3) is 0.429. The largest absolute Gasteiger partial charge is 0.368 e. The molecule has 6 heteroatoms. The quantitative estimate of drug-likeness (QED) is 0.739. The zero-order chi connectivity index (χ0) is 15.3. The van der Waals surface area contributed by atoms with Crippen molar-refractivity contribution < 1.29 is 9.59 Å². The van der Waals surface area contributed by atoms with Crippen LogP contribution in [0.2, 0.25) is 0 Å². The predicted molar refractivity (Wildman–Crippen MR) is 83.4 cm³/mol. The van der Waals surface area contributed by atoms with Crippen LogP contribution in [0.25, 0.3) is 0 Å². The molecule has 2 amide bonds. The summed E-state index contributed by atoms with van der Waals surface area (Å²) in [7, 11) is 0. The number of anilines is 1. The van der Waals surface area contributed by atoms with Crippen LogP contribution in [0.3, 0.4) is 0 Å². The van der Waals surface area contributed by atoms with Gasteiger partial charge in [-0.05, 0) is 44.0 Å². The maximum Gasteiger partial charge on any atom is 0.238 e. The highest BCUT2D eigenvalue weighted by atomic mass is 79.9. The second-order valence-electron chi connectivity index (χ2n) is 4.92. The summed E-state index contributed by atoms with van der Waals surface area (Å²) in [6.45, 7) is 5.50. The highest BCUT2D eigenvalue weighted by molar-refractivity contribution is 9.10. The van der Waals surface area contributed by atoms with Gasteiger partial charge in [0.05, 0.1) is 12.1 Å². The van der Waals surface area contributed by atoms with Crippen molar-refractivity contribution in [1.29, 1.82) is 0 Å². The van der Waals surface area contributed by atoms with Crippen LogP contribution in [-0.4, -0.2) is 23.9 Å². The molecule has 110 valence electrons. The summed E-state index contributed by atoms with van der Waals surface area (Å²) < 4.78 is 0.987. The predicted octanol–water partition coefficient (Wildman–Crippen LogP) is 1.94. The molecule has 0 aliphatic rings. The van der Waals surface area contributed by atoms with E-state index in [0.717, 1.165) is 15.7 Å². The number of carbonyl (C=O) groups excluding carboxylic acids is 2. The topological polar surface area (TPSA) is 84.2 Å². The van der Waals surface area contributed by atoms with Crippen LogP contribution in [-0.2, 0) is 9.59 Å². The third kappa shape index (κ3) is 4.31. The third-order valence-corrected chi connectivity index (χ3v) is 4.22. The van der Waals surface area contributed by atoms with Crippen molar-refractivity contribution >= 4 is 33.4 Å². The Hall–Kier alpha value is -1.40. The number of amides is 2. The van der Waals surface area contributed by atoms with Crippen molar-refractivity contribution in [1.82, 2.24) is 5.32 Å². The molecule has 4 N–H and O–H groups in total. The number of nitrogens with two attached hydrogens (primary N) is 1. The Balaban J connectivity index is 2.60. The average molecular weight is 342 g/mol. The van der Waals surface area contributed by atoms with Gasteiger partial charge in [0, 0.05) is 10.2 Å². The van der Waals surface area contributed by atoms with Gasteiger partial charge >= 0.3 is 0 Å². The Bertz CT molecular complexity index is 519. The van der Waals surface area contributed by atoms with Gasteiger partial charge in [-0.15, -0.1) is 0 Å². The highest BCUT2D eigenvalue weighted by Crippen LogP contribution is 2.19. The van der Waals surface area contributed by atoms with E-state index in [1.807, 2.05) is 32.0 Å². The number of aryl methyl sites for hydroxylation is 1. The minimum Gasteiger partial charge on any atom is -0.368 e. The summed E-state index contributed by atoms with van der Waals surface area (Å²) in [5.74, 6) is -0.681. The first kappa shape index (κ1) is 16.7. The lowest BCUT2D eigenvalue weighted by Gasteiger charge is -2.25. The summed E-state index contributed by atoms with van der Waals surface area (Å²) in [6.07, 6.45) is 0.521. The lowest BCUT2D eigenvalue weighted by molar-refractivity contribution is -0.124. The van der Waals surface area contributed by atoms with Crippen LogP contribution < -0.4 is 16.4 Å². The minimum atomic E-state index is -0.868. The zero-order valence-electron chi connectivity index (χ0n) is 11.9. The summed E-state index contributed by atoms with van der Waals surface area (Å²) in [5.41, 5.74) is 6.20. The van der Waals surface area contributed by atoms with E-state index < -0.39 is 11.4 Å². The second-order valence-corrected chi connectivity index (χ2v) is 5.77. The number of primary amides is 1. The molecule has 5 nitrogen and oxygen atoms in total. The summed E-state index contributed by atoms with van der Waals surface area (Å²) in [5, 5.41) is 5.67. The fourth-order valence-corrected chi connectivity index (χ4v) is 1.84. The van der Waals surface area contributed by atoms with Gasteiger partial charge in [0.15, 0.2) is 0 Å². The third-order valence-electron chi connectivity index (χ3n) is 3.33. The van der Waals surface area contributed by atoms with Gasteiger partial charge in [-0.25, -0.2) is 0 Å². The van der Waals surface area contributed by atoms with Crippen LogP contribution >= 0.6 is 15.9 Å². The molecular weight excluding hydrogens is 322 g/mol. The maximum atomic E-state index is 11.9. The molecule has 0 heterocycles. The van der Waals surface area contributed by atoms with Gasteiger partial charge in [-0.3, -0.25) is 14.9 Å². The molecule has 0 radical (unpaired) electrons. The van der Waals surface area contributed by atoms with Crippen LogP contribution in [0.15, 0.2) is 22.7 Å². The molecule has 0 aliphatic heterocycles. The minimum absolute atomic E-state index is 0.0302. The molecular formula is C14H20BrN3O2. The molecule has 1 atom stereocenters. The van der Waals surface area contributed by atoms with Crippen molar-refractivity contribution in [3.63, 3.8) is 0 Å². The zero-order valence-corrected chi connectivity index (χ0v) is 13.5. The molecule has 0 spiro atoms. The molecule has 0 fully saturated rings. The van der Waals surface area contributed by atoms with Gasteiger partial charge in [-0.1, -0.05) is 22.9 Å². The van der Waals surface area contributed by atoms with E-state index in [2.05, 4.69) is 26.6 Å². The molecule has 20 heavy (non-hydrogen) atoms. The standard InChI is InChI=1S/C14H20BrN3O2/c1-4-14(3,13(16)20)17-8-12(19)18-10-5-6-11(15)9(2)7-10/h5-7,17H,4,8H2,1-3H3,(H2,16,20)(H,18,19)/t14-/m0/s1. The van der Waals surface area contributed by atoms with Crippen LogP contribution in [0.1, 0.15) is 25.8 Å². The Morgan fingerprint density at radius 1 is 1.40 bits per heavy atom. The molecule has 1 aromatic rings. The van der Waals surface area contributed by atoms with E-state index in [1.165, 1.54) is 0 Å². The Labute approximate surface area is 127 Å². The number of hydrogen-bond donors (Lipinski definition) is 3. The number of carbonyl (C=O) groups is 2. The molecule has 0 bridgehead atoms. The molecule has 0 saturated carbocycles. The smallest absolute Gasteiger partial charge is 0.238 e. The van der Waals surface area contributed by atoms with Gasteiger partial charge in [0.2, 0.25) is 11.8 Å². The van der Waals surface area contributed by atoms with E-state index in [-0.39, 0.29) is 12.5 Å². The van der Waals surface area contributed by atoms with Crippen molar-refractivity contribution in [3.05, 3.63) is 28.2 Å². The average Bonchev–Trinajstić information content (AvgIpc) is 2.40. The van der Waals surface area contributed by atoms with Crippen LogP contribution in [0.4, 0.5) is 5.69 Å². The summed E-state index contributed by atoms with van der Waals surface area (Å²) in [6, 6.07) is 5.55. The number of nitrogens with one attached hydrogen (secondary N) is 2. The molecule has 1 aromatic carbocycles.